The number of hydrogen-bond donors (Lipinski definition) is 2. The van der Waals surface area contributed by atoms with E-state index in [9.17, 15) is 4.79 Å². The molecule has 6 heteroatoms. The summed E-state index contributed by atoms with van der Waals surface area (Å²) in [6.07, 6.45) is 0.924. The Kier molecular flexibility index (Phi) is 6.34. The van der Waals surface area contributed by atoms with Gasteiger partial charge in [0, 0.05) is 11.1 Å². The largest absolute Gasteiger partial charge is 0.495 e. The van der Waals surface area contributed by atoms with E-state index < -0.39 is 0 Å². The second-order valence-electron chi connectivity index (χ2n) is 6.17. The van der Waals surface area contributed by atoms with Gasteiger partial charge in [0.25, 0.3) is 5.91 Å². The lowest BCUT2D eigenvalue weighted by Gasteiger charge is -2.12. The van der Waals surface area contributed by atoms with Gasteiger partial charge in [-0.15, -0.1) is 0 Å². The second kappa shape index (κ2) is 9.10. The number of amides is 1. The van der Waals surface area contributed by atoms with Gasteiger partial charge in [0.05, 0.1) is 19.4 Å². The maximum atomic E-state index is 12.6. The second-order valence-corrected chi connectivity index (χ2v) is 6.17. The number of carbonyl (C=O) groups is 1. The average molecular weight is 381 g/mol. The summed E-state index contributed by atoms with van der Waals surface area (Å²) in [6.45, 7) is 2.51. The van der Waals surface area contributed by atoms with Crippen molar-refractivity contribution in [3.63, 3.8) is 0 Å². The standard InChI is InChI=1S/C22H23NO5/c1-3-12-27-17-7-4-15(5-8-17)22(25)23-19-13-16(6-10-21(19)26-2)20-11-9-18(14-24)28-20/h4-11,13,24H,3,12,14H2,1-2H3,(H,23,25). The van der Waals surface area contributed by atoms with Crippen LogP contribution in [-0.4, -0.2) is 24.7 Å². The molecule has 0 spiro atoms. The molecule has 0 aliphatic carbocycles. The number of nitrogens with one attached hydrogen (secondary N) is 1. The van der Waals surface area contributed by atoms with Gasteiger partial charge in [-0.05, 0) is 61.0 Å². The fraction of sp³-hybridized carbons (Fsp3) is 0.227. The van der Waals surface area contributed by atoms with Crippen LogP contribution in [0.5, 0.6) is 11.5 Å². The first-order valence-corrected chi connectivity index (χ1v) is 9.06. The molecule has 0 bridgehead atoms. The first kappa shape index (κ1) is 19.5. The van der Waals surface area contributed by atoms with E-state index in [4.69, 9.17) is 19.0 Å². The van der Waals surface area contributed by atoms with Gasteiger partial charge in [-0.2, -0.15) is 0 Å². The fourth-order valence-electron chi connectivity index (χ4n) is 2.69. The zero-order valence-corrected chi connectivity index (χ0v) is 15.9. The molecule has 0 saturated heterocycles. The molecule has 0 atom stereocenters. The highest BCUT2D eigenvalue weighted by Crippen LogP contribution is 2.32. The van der Waals surface area contributed by atoms with Crippen LogP contribution in [0.15, 0.2) is 59.0 Å². The maximum absolute atomic E-state index is 12.6. The summed E-state index contributed by atoms with van der Waals surface area (Å²) < 4.78 is 16.5. The molecule has 3 aromatic rings. The van der Waals surface area contributed by atoms with Crippen molar-refractivity contribution in [1.29, 1.82) is 0 Å². The van der Waals surface area contributed by atoms with Crippen molar-refractivity contribution in [1.82, 2.24) is 0 Å². The topological polar surface area (TPSA) is 80.9 Å². The van der Waals surface area contributed by atoms with Crippen LogP contribution in [0.2, 0.25) is 0 Å². The summed E-state index contributed by atoms with van der Waals surface area (Å²) in [5.41, 5.74) is 1.80. The number of aliphatic hydroxyl groups excluding tert-OH is 1. The van der Waals surface area contributed by atoms with Crippen LogP contribution >= 0.6 is 0 Å². The summed E-state index contributed by atoms with van der Waals surface area (Å²) in [7, 11) is 1.54. The lowest BCUT2D eigenvalue weighted by molar-refractivity contribution is 0.102. The molecule has 0 fully saturated rings. The number of methoxy groups -OCH3 is 1. The number of rotatable bonds is 8. The van der Waals surface area contributed by atoms with E-state index in [0.29, 0.717) is 35.1 Å². The Bertz CT molecular complexity index is 930. The molecule has 2 aromatic carbocycles. The lowest BCUT2D eigenvalue weighted by atomic mass is 10.1. The molecule has 1 aromatic heterocycles. The van der Waals surface area contributed by atoms with Crippen molar-refractivity contribution in [2.45, 2.75) is 20.0 Å². The van der Waals surface area contributed by atoms with Crippen LogP contribution in [0.4, 0.5) is 5.69 Å². The first-order chi connectivity index (χ1) is 13.6. The number of carbonyl (C=O) groups excluding carboxylic acids is 1. The third-order valence-corrected chi connectivity index (χ3v) is 4.14. The zero-order chi connectivity index (χ0) is 19.9. The predicted molar refractivity (Wildman–Crippen MR) is 107 cm³/mol. The van der Waals surface area contributed by atoms with Crippen molar-refractivity contribution < 1.29 is 23.8 Å². The molecule has 6 nitrogen and oxygen atoms in total. The SMILES string of the molecule is CCCOc1ccc(C(=O)Nc2cc(-c3ccc(CO)o3)ccc2OC)cc1. The molecule has 2 N–H and O–H groups in total. The van der Waals surface area contributed by atoms with Crippen LogP contribution in [0.1, 0.15) is 29.5 Å². The Hall–Kier alpha value is -3.25. The van der Waals surface area contributed by atoms with Gasteiger partial charge in [-0.3, -0.25) is 4.79 Å². The number of anilines is 1. The Labute approximate surface area is 163 Å². The minimum atomic E-state index is -0.256. The Morgan fingerprint density at radius 1 is 1.11 bits per heavy atom. The Balaban J connectivity index is 1.80. The molecular formula is C22H23NO5. The van der Waals surface area contributed by atoms with E-state index in [1.807, 2.05) is 13.0 Å². The average Bonchev–Trinajstić information content (AvgIpc) is 3.22. The summed E-state index contributed by atoms with van der Waals surface area (Å²) >= 11 is 0. The van der Waals surface area contributed by atoms with E-state index in [1.54, 1.807) is 55.6 Å². The van der Waals surface area contributed by atoms with Crippen molar-refractivity contribution in [2.75, 3.05) is 19.0 Å². The highest BCUT2D eigenvalue weighted by molar-refractivity contribution is 6.05. The van der Waals surface area contributed by atoms with Crippen molar-refractivity contribution in [2.24, 2.45) is 0 Å². The summed E-state index contributed by atoms with van der Waals surface area (Å²) in [4.78, 5) is 12.6. The highest BCUT2D eigenvalue weighted by Gasteiger charge is 2.13. The number of benzene rings is 2. The lowest BCUT2D eigenvalue weighted by Crippen LogP contribution is -2.12. The van der Waals surface area contributed by atoms with E-state index in [-0.39, 0.29) is 12.5 Å². The molecule has 0 saturated carbocycles. The van der Waals surface area contributed by atoms with E-state index in [2.05, 4.69) is 5.32 Å². The Morgan fingerprint density at radius 2 is 1.89 bits per heavy atom. The number of furan rings is 1. The minimum absolute atomic E-state index is 0.169. The molecule has 0 radical (unpaired) electrons. The fourth-order valence-corrected chi connectivity index (χ4v) is 2.69. The summed E-state index contributed by atoms with van der Waals surface area (Å²) in [5.74, 6) is 2.08. The molecule has 0 unspecified atom stereocenters. The van der Waals surface area contributed by atoms with Gasteiger partial charge in [-0.1, -0.05) is 6.92 Å². The van der Waals surface area contributed by atoms with Crippen molar-refractivity contribution >= 4 is 11.6 Å². The monoisotopic (exact) mass is 381 g/mol. The molecular weight excluding hydrogens is 358 g/mol. The minimum Gasteiger partial charge on any atom is -0.495 e. The maximum Gasteiger partial charge on any atom is 0.255 e. The number of ether oxygens (including phenoxy) is 2. The highest BCUT2D eigenvalue weighted by atomic mass is 16.5. The van der Waals surface area contributed by atoms with E-state index >= 15 is 0 Å². The summed E-state index contributed by atoms with van der Waals surface area (Å²) in [6, 6.07) is 15.8. The molecule has 28 heavy (non-hydrogen) atoms. The van der Waals surface area contributed by atoms with Crippen LogP contribution in [-0.2, 0) is 6.61 Å². The van der Waals surface area contributed by atoms with Gasteiger partial charge in [-0.25, -0.2) is 0 Å². The molecule has 1 amide bonds. The zero-order valence-electron chi connectivity index (χ0n) is 15.9. The smallest absolute Gasteiger partial charge is 0.255 e. The quantitative estimate of drug-likeness (QED) is 0.601. The van der Waals surface area contributed by atoms with Crippen LogP contribution in [0.25, 0.3) is 11.3 Å². The number of hydrogen-bond acceptors (Lipinski definition) is 5. The van der Waals surface area contributed by atoms with Crippen LogP contribution < -0.4 is 14.8 Å². The van der Waals surface area contributed by atoms with Crippen molar-refractivity contribution in [3.8, 4) is 22.8 Å². The molecule has 146 valence electrons. The van der Waals surface area contributed by atoms with Gasteiger partial charge in [0.15, 0.2) is 0 Å². The first-order valence-electron chi connectivity index (χ1n) is 9.06. The third-order valence-electron chi connectivity index (χ3n) is 4.14. The van der Waals surface area contributed by atoms with Crippen molar-refractivity contribution in [3.05, 3.63) is 65.9 Å². The Morgan fingerprint density at radius 3 is 2.54 bits per heavy atom. The normalized spacial score (nSPS) is 10.5. The van der Waals surface area contributed by atoms with Crippen LogP contribution in [0, 0.1) is 0 Å². The number of aliphatic hydroxyl groups is 1. The third kappa shape index (κ3) is 4.53. The summed E-state index contributed by atoms with van der Waals surface area (Å²) in [5, 5.41) is 12.0. The van der Waals surface area contributed by atoms with Gasteiger partial charge < -0.3 is 24.3 Å². The molecule has 0 aliphatic heterocycles. The molecule has 1 heterocycles. The van der Waals surface area contributed by atoms with Gasteiger partial charge in [0.2, 0.25) is 0 Å². The van der Waals surface area contributed by atoms with E-state index in [0.717, 1.165) is 17.7 Å². The predicted octanol–water partition coefficient (Wildman–Crippen LogP) is 4.49. The van der Waals surface area contributed by atoms with E-state index in [1.165, 1.54) is 0 Å². The van der Waals surface area contributed by atoms with Gasteiger partial charge in [0.1, 0.15) is 29.6 Å². The molecule has 0 aliphatic rings. The van der Waals surface area contributed by atoms with Crippen LogP contribution in [0.3, 0.4) is 0 Å². The molecule has 3 rings (SSSR count). The van der Waals surface area contributed by atoms with Gasteiger partial charge >= 0.3 is 0 Å².